The minimum atomic E-state index is -5.10. The van der Waals surface area contributed by atoms with Gasteiger partial charge in [-0.1, -0.05) is 0 Å². The predicted molar refractivity (Wildman–Crippen MR) is 47.0 cm³/mol. The number of rotatable bonds is 3. The van der Waals surface area contributed by atoms with E-state index in [2.05, 4.69) is 4.74 Å². The highest BCUT2D eigenvalue weighted by molar-refractivity contribution is 5.94. The van der Waals surface area contributed by atoms with Crippen molar-refractivity contribution >= 4 is 11.9 Å². The van der Waals surface area contributed by atoms with Gasteiger partial charge < -0.3 is 14.9 Å². The Morgan fingerprint density at radius 2 is 1.71 bits per heavy atom. The van der Waals surface area contributed by atoms with E-state index >= 15 is 0 Å². The van der Waals surface area contributed by atoms with Crippen molar-refractivity contribution in [2.24, 2.45) is 0 Å². The van der Waals surface area contributed by atoms with Gasteiger partial charge in [0.25, 0.3) is 0 Å². The van der Waals surface area contributed by atoms with Gasteiger partial charge in [0, 0.05) is 0 Å². The number of hydrogen-bond donors (Lipinski definition) is 2. The first-order valence-electron chi connectivity index (χ1n) is 4.07. The van der Waals surface area contributed by atoms with Crippen LogP contribution >= 0.6 is 0 Å². The summed E-state index contributed by atoms with van der Waals surface area (Å²) in [5, 5.41) is 17.2. The van der Waals surface area contributed by atoms with Gasteiger partial charge in [0.15, 0.2) is 0 Å². The number of halogens is 3. The zero-order chi connectivity index (χ0) is 13.2. The molecule has 0 aliphatic rings. The van der Waals surface area contributed by atoms with E-state index < -0.39 is 35.2 Å². The Labute approximate surface area is 92.0 Å². The second kappa shape index (κ2) is 4.32. The first-order chi connectivity index (χ1) is 7.70. The van der Waals surface area contributed by atoms with Gasteiger partial charge in [-0.05, 0) is 18.2 Å². The fourth-order valence-electron chi connectivity index (χ4n) is 1.04. The lowest BCUT2D eigenvalue weighted by atomic mass is 10.1. The van der Waals surface area contributed by atoms with Crippen molar-refractivity contribution in [2.45, 2.75) is 6.36 Å². The summed E-state index contributed by atoms with van der Waals surface area (Å²) in [6.07, 6.45) is -5.10. The lowest BCUT2D eigenvalue weighted by molar-refractivity contribution is -0.274. The summed E-state index contributed by atoms with van der Waals surface area (Å²) in [5.41, 5.74) is -1.28. The molecule has 0 atom stereocenters. The third-order valence-corrected chi connectivity index (χ3v) is 1.68. The molecule has 2 N–H and O–H groups in total. The van der Waals surface area contributed by atoms with Crippen molar-refractivity contribution in [2.75, 3.05) is 0 Å². The monoisotopic (exact) mass is 250 g/mol. The summed E-state index contributed by atoms with van der Waals surface area (Å²) in [6, 6.07) is 2.10. The van der Waals surface area contributed by atoms with Gasteiger partial charge in [0.2, 0.25) is 0 Å². The summed E-state index contributed by atoms with van der Waals surface area (Å²) in [4.78, 5) is 21.1. The van der Waals surface area contributed by atoms with Gasteiger partial charge in [-0.3, -0.25) is 0 Å². The summed E-state index contributed by atoms with van der Waals surface area (Å²) in [7, 11) is 0. The molecule has 0 radical (unpaired) electrons. The normalized spacial score (nSPS) is 11.0. The van der Waals surface area contributed by atoms with E-state index in [1.54, 1.807) is 0 Å². The van der Waals surface area contributed by atoms with Crippen LogP contribution in [0.1, 0.15) is 20.7 Å². The van der Waals surface area contributed by atoms with Crippen LogP contribution < -0.4 is 4.74 Å². The average Bonchev–Trinajstić information content (AvgIpc) is 2.14. The molecule has 8 heteroatoms. The molecule has 0 aromatic heterocycles. The first-order valence-corrected chi connectivity index (χ1v) is 4.07. The molecular weight excluding hydrogens is 245 g/mol. The molecule has 0 amide bonds. The Bertz CT molecular complexity index is 466. The van der Waals surface area contributed by atoms with E-state index in [4.69, 9.17) is 10.2 Å². The van der Waals surface area contributed by atoms with E-state index in [0.29, 0.717) is 6.07 Å². The quantitative estimate of drug-likeness (QED) is 0.856. The van der Waals surface area contributed by atoms with Gasteiger partial charge in [0.05, 0.1) is 5.56 Å². The predicted octanol–water partition coefficient (Wildman–Crippen LogP) is 1.98. The Hall–Kier alpha value is -2.25. The van der Waals surface area contributed by atoms with E-state index in [9.17, 15) is 22.8 Å². The number of carboxylic acids is 2. The largest absolute Gasteiger partial charge is 0.573 e. The minimum Gasteiger partial charge on any atom is -0.478 e. The van der Waals surface area contributed by atoms with Crippen molar-refractivity contribution in [3.63, 3.8) is 0 Å². The molecule has 17 heavy (non-hydrogen) atoms. The number of benzene rings is 1. The van der Waals surface area contributed by atoms with Crippen LogP contribution in [0.4, 0.5) is 13.2 Å². The molecule has 0 saturated heterocycles. The number of ether oxygens (including phenoxy) is 1. The highest BCUT2D eigenvalue weighted by Gasteiger charge is 2.33. The zero-order valence-electron chi connectivity index (χ0n) is 7.99. The van der Waals surface area contributed by atoms with Gasteiger partial charge in [-0.25, -0.2) is 9.59 Å². The van der Waals surface area contributed by atoms with E-state index in [0.717, 1.165) is 12.1 Å². The lowest BCUT2D eigenvalue weighted by Gasteiger charge is -2.11. The molecule has 0 spiro atoms. The molecule has 0 aliphatic heterocycles. The van der Waals surface area contributed by atoms with E-state index in [1.165, 1.54) is 0 Å². The second-order valence-electron chi connectivity index (χ2n) is 2.87. The number of hydrogen-bond acceptors (Lipinski definition) is 3. The Morgan fingerprint density at radius 1 is 1.12 bits per heavy atom. The molecule has 1 aromatic rings. The molecule has 0 unspecified atom stereocenters. The van der Waals surface area contributed by atoms with E-state index in [-0.39, 0.29) is 0 Å². The Kier molecular flexibility index (Phi) is 3.26. The van der Waals surface area contributed by atoms with Crippen LogP contribution in [0.5, 0.6) is 5.75 Å². The third kappa shape index (κ3) is 3.37. The van der Waals surface area contributed by atoms with Gasteiger partial charge >= 0.3 is 18.3 Å². The number of alkyl halides is 3. The van der Waals surface area contributed by atoms with Gasteiger partial charge in [0.1, 0.15) is 11.3 Å². The first kappa shape index (κ1) is 12.8. The van der Waals surface area contributed by atoms with Crippen LogP contribution in [0.3, 0.4) is 0 Å². The maximum atomic E-state index is 12.0. The van der Waals surface area contributed by atoms with Crippen LogP contribution in [-0.2, 0) is 0 Å². The van der Waals surface area contributed by atoms with Crippen molar-refractivity contribution in [1.29, 1.82) is 0 Å². The lowest BCUT2D eigenvalue weighted by Crippen LogP contribution is -2.19. The van der Waals surface area contributed by atoms with Crippen LogP contribution in [0.25, 0.3) is 0 Å². The van der Waals surface area contributed by atoms with Crippen LogP contribution in [0.15, 0.2) is 18.2 Å². The van der Waals surface area contributed by atoms with Crippen LogP contribution in [-0.4, -0.2) is 28.5 Å². The standard InChI is InChI=1S/C9H5F3O5/c10-9(11,12)17-6-3-4(7(13)14)1-2-5(6)8(15)16/h1-3H,(H,13,14)(H,15,16). The Balaban J connectivity index is 3.25. The summed E-state index contributed by atoms with van der Waals surface area (Å²) in [6.45, 7) is 0. The summed E-state index contributed by atoms with van der Waals surface area (Å²) >= 11 is 0. The molecule has 1 rings (SSSR count). The molecule has 0 heterocycles. The highest BCUT2D eigenvalue weighted by atomic mass is 19.4. The Morgan fingerprint density at radius 3 is 2.12 bits per heavy atom. The van der Waals surface area contributed by atoms with Crippen LogP contribution in [0.2, 0.25) is 0 Å². The second-order valence-corrected chi connectivity index (χ2v) is 2.87. The van der Waals surface area contributed by atoms with Crippen molar-refractivity contribution in [3.05, 3.63) is 29.3 Å². The van der Waals surface area contributed by atoms with Gasteiger partial charge in [-0.2, -0.15) is 0 Å². The maximum absolute atomic E-state index is 12.0. The van der Waals surface area contributed by atoms with Crippen molar-refractivity contribution < 1.29 is 37.7 Å². The summed E-state index contributed by atoms with van der Waals surface area (Å²) in [5.74, 6) is -4.21. The number of carbonyl (C=O) groups is 2. The van der Waals surface area contributed by atoms with Crippen molar-refractivity contribution in [3.8, 4) is 5.75 Å². The topological polar surface area (TPSA) is 83.8 Å². The van der Waals surface area contributed by atoms with Gasteiger partial charge in [-0.15, -0.1) is 13.2 Å². The molecule has 0 aliphatic carbocycles. The van der Waals surface area contributed by atoms with Crippen molar-refractivity contribution in [1.82, 2.24) is 0 Å². The van der Waals surface area contributed by atoms with E-state index in [1.807, 2.05) is 0 Å². The molecule has 0 bridgehead atoms. The number of carboxylic acid groups (broad SMARTS) is 2. The smallest absolute Gasteiger partial charge is 0.478 e. The molecular formula is C9H5F3O5. The highest BCUT2D eigenvalue weighted by Crippen LogP contribution is 2.27. The fraction of sp³-hybridized carbons (Fsp3) is 0.111. The molecule has 0 fully saturated rings. The van der Waals surface area contributed by atoms with Crippen LogP contribution in [0, 0.1) is 0 Å². The third-order valence-electron chi connectivity index (χ3n) is 1.68. The maximum Gasteiger partial charge on any atom is 0.573 e. The SMILES string of the molecule is O=C(O)c1ccc(C(=O)O)c(OC(F)(F)F)c1. The minimum absolute atomic E-state index is 0.499. The molecule has 1 aromatic carbocycles. The average molecular weight is 250 g/mol. The fourth-order valence-corrected chi connectivity index (χ4v) is 1.04. The summed E-state index contributed by atoms with van der Waals surface area (Å²) < 4.78 is 39.3. The number of aromatic carboxylic acids is 2. The molecule has 5 nitrogen and oxygen atoms in total. The molecule has 92 valence electrons. The molecule has 0 saturated carbocycles. The zero-order valence-corrected chi connectivity index (χ0v) is 7.99.